The van der Waals surface area contributed by atoms with Crippen LogP contribution >= 0.6 is 11.6 Å². The molecule has 0 amide bonds. The lowest BCUT2D eigenvalue weighted by Crippen LogP contribution is -2.43. The van der Waals surface area contributed by atoms with E-state index in [1.54, 1.807) is 30.3 Å². The highest BCUT2D eigenvalue weighted by atomic mass is 35.5. The van der Waals surface area contributed by atoms with Gasteiger partial charge in [0, 0.05) is 48.3 Å². The van der Waals surface area contributed by atoms with Crippen molar-refractivity contribution in [2.75, 3.05) is 14.2 Å². The number of hydrogen-bond donors (Lipinski definition) is 0. The van der Waals surface area contributed by atoms with E-state index >= 15 is 0 Å². The standard InChI is InChI=1S/C31H34ClNO6S/c1-30(2)14-21-27(23(34)16-30)26(28-22(33(21)5)15-31(3,4)17-24(28)35)18-12-20(32)29(25(13-18)38-6)39-40(36,37)19-10-8-7-9-11-19/h7-13,26H,14-17H2,1-6H3. The number of rotatable bonds is 5. The smallest absolute Gasteiger partial charge is 0.339 e. The third-order valence-electron chi connectivity index (χ3n) is 7.99. The summed E-state index contributed by atoms with van der Waals surface area (Å²) >= 11 is 6.69. The van der Waals surface area contributed by atoms with Crippen molar-refractivity contribution in [2.45, 2.75) is 64.2 Å². The van der Waals surface area contributed by atoms with E-state index in [-0.39, 0.29) is 43.8 Å². The van der Waals surface area contributed by atoms with Gasteiger partial charge in [-0.15, -0.1) is 0 Å². The fourth-order valence-electron chi connectivity index (χ4n) is 6.23. The Bertz CT molecular complexity index is 1530. The zero-order valence-electron chi connectivity index (χ0n) is 23.6. The van der Waals surface area contributed by atoms with Crippen LogP contribution < -0.4 is 8.92 Å². The number of ketones is 2. The Hall–Kier alpha value is -3.10. The number of methoxy groups -OCH3 is 1. The molecule has 2 aromatic carbocycles. The van der Waals surface area contributed by atoms with Crippen molar-refractivity contribution in [3.8, 4) is 11.5 Å². The number of ether oxygens (including phenoxy) is 1. The molecule has 5 rings (SSSR count). The molecular formula is C31H34ClNO6S. The third kappa shape index (κ3) is 4.96. The molecule has 0 bridgehead atoms. The van der Waals surface area contributed by atoms with Crippen molar-refractivity contribution in [3.05, 3.63) is 75.6 Å². The van der Waals surface area contributed by atoms with E-state index in [2.05, 4.69) is 32.6 Å². The minimum atomic E-state index is -4.19. The summed E-state index contributed by atoms with van der Waals surface area (Å²) in [5.41, 5.74) is 3.16. The average molecular weight is 584 g/mol. The van der Waals surface area contributed by atoms with Gasteiger partial charge >= 0.3 is 10.1 Å². The minimum absolute atomic E-state index is 0.00395. The predicted octanol–water partition coefficient (Wildman–Crippen LogP) is 6.43. The molecule has 2 aliphatic carbocycles. The van der Waals surface area contributed by atoms with E-state index in [4.69, 9.17) is 20.5 Å². The van der Waals surface area contributed by atoms with Gasteiger partial charge in [-0.25, -0.2) is 0 Å². The van der Waals surface area contributed by atoms with Crippen LogP contribution in [0.4, 0.5) is 0 Å². The Morgan fingerprint density at radius 3 is 1.90 bits per heavy atom. The molecule has 9 heteroatoms. The minimum Gasteiger partial charge on any atom is -0.493 e. The van der Waals surface area contributed by atoms with Crippen molar-refractivity contribution in [3.63, 3.8) is 0 Å². The number of carbonyl (C=O) groups excluding carboxylic acids is 2. The van der Waals surface area contributed by atoms with Crippen LogP contribution in [-0.2, 0) is 19.7 Å². The molecule has 3 aliphatic rings. The first-order valence-electron chi connectivity index (χ1n) is 13.3. The number of Topliss-reactive ketones (excluding diaryl/α,β-unsaturated/α-hetero) is 2. The van der Waals surface area contributed by atoms with Gasteiger partial charge in [-0.1, -0.05) is 57.5 Å². The Kier molecular flexibility index (Phi) is 6.94. The van der Waals surface area contributed by atoms with E-state index in [1.165, 1.54) is 19.2 Å². The first-order chi connectivity index (χ1) is 18.6. The molecule has 0 saturated carbocycles. The molecule has 0 radical (unpaired) electrons. The lowest BCUT2D eigenvalue weighted by molar-refractivity contribution is -0.119. The second-order valence-corrected chi connectivity index (χ2v) is 14.4. The summed E-state index contributed by atoms with van der Waals surface area (Å²) in [5, 5.41) is 0.00395. The first kappa shape index (κ1) is 28.4. The fraction of sp³-hybridized carbons (Fsp3) is 0.419. The second kappa shape index (κ2) is 9.77. The molecule has 0 saturated heterocycles. The Balaban J connectivity index is 1.68. The fourth-order valence-corrected chi connectivity index (χ4v) is 7.51. The van der Waals surface area contributed by atoms with E-state index in [0.717, 1.165) is 11.4 Å². The molecular weight excluding hydrogens is 550 g/mol. The van der Waals surface area contributed by atoms with Crippen LogP contribution in [-0.4, -0.2) is 39.0 Å². The molecule has 0 atom stereocenters. The summed E-state index contributed by atoms with van der Waals surface area (Å²) in [5.74, 6) is -0.707. The van der Waals surface area contributed by atoms with Gasteiger partial charge < -0.3 is 13.8 Å². The number of benzene rings is 2. The van der Waals surface area contributed by atoms with Crippen molar-refractivity contribution in [1.29, 1.82) is 0 Å². The SMILES string of the molecule is COc1cc(C2C3=C(CC(C)(C)CC3=O)N(C)C3=C2C(=O)CC(C)(C)C3)cc(Cl)c1OS(=O)(=O)c1ccccc1. The van der Waals surface area contributed by atoms with Crippen LogP contribution in [0.2, 0.25) is 5.02 Å². The molecule has 0 unspecified atom stereocenters. The van der Waals surface area contributed by atoms with Crippen molar-refractivity contribution in [1.82, 2.24) is 4.90 Å². The van der Waals surface area contributed by atoms with Crippen LogP contribution in [0.25, 0.3) is 0 Å². The number of hydrogen-bond acceptors (Lipinski definition) is 7. The second-order valence-electron chi connectivity index (χ2n) is 12.5. The third-order valence-corrected chi connectivity index (χ3v) is 9.51. The molecule has 212 valence electrons. The summed E-state index contributed by atoms with van der Waals surface area (Å²) in [6.07, 6.45) is 2.10. The van der Waals surface area contributed by atoms with Crippen LogP contribution in [0, 0.1) is 10.8 Å². The molecule has 0 spiro atoms. The summed E-state index contributed by atoms with van der Waals surface area (Å²) in [6, 6.07) is 11.0. The predicted molar refractivity (Wildman–Crippen MR) is 153 cm³/mol. The van der Waals surface area contributed by atoms with E-state index in [0.29, 0.717) is 42.4 Å². The molecule has 1 aliphatic heterocycles. The Labute approximate surface area is 240 Å². The van der Waals surface area contributed by atoms with E-state index in [9.17, 15) is 18.0 Å². The van der Waals surface area contributed by atoms with Crippen LogP contribution in [0.5, 0.6) is 11.5 Å². The van der Waals surface area contributed by atoms with Crippen LogP contribution in [0.1, 0.15) is 64.9 Å². The molecule has 1 heterocycles. The monoisotopic (exact) mass is 583 g/mol. The van der Waals surface area contributed by atoms with Crippen molar-refractivity contribution in [2.24, 2.45) is 10.8 Å². The zero-order valence-corrected chi connectivity index (χ0v) is 25.2. The summed E-state index contributed by atoms with van der Waals surface area (Å²) in [4.78, 5) is 29.5. The van der Waals surface area contributed by atoms with Gasteiger partial charge in [0.05, 0.1) is 12.1 Å². The van der Waals surface area contributed by atoms with Gasteiger partial charge in [0.15, 0.2) is 17.3 Å². The lowest BCUT2D eigenvalue weighted by Gasteiger charge is -2.48. The molecule has 0 aromatic heterocycles. The quantitative estimate of drug-likeness (QED) is 0.375. The van der Waals surface area contributed by atoms with E-state index < -0.39 is 16.0 Å². The summed E-state index contributed by atoms with van der Waals surface area (Å²) in [7, 11) is -0.852. The van der Waals surface area contributed by atoms with E-state index in [1.807, 2.05) is 7.05 Å². The van der Waals surface area contributed by atoms with Gasteiger partial charge in [0.1, 0.15) is 4.90 Å². The van der Waals surface area contributed by atoms with Crippen molar-refractivity contribution >= 4 is 33.3 Å². The zero-order chi connectivity index (χ0) is 29.2. The van der Waals surface area contributed by atoms with Gasteiger partial charge in [0.25, 0.3) is 0 Å². The van der Waals surface area contributed by atoms with Crippen LogP contribution in [0.15, 0.2) is 69.9 Å². The number of allylic oxidation sites excluding steroid dienone is 4. The lowest BCUT2D eigenvalue weighted by atomic mass is 9.64. The summed E-state index contributed by atoms with van der Waals surface area (Å²) in [6.45, 7) is 8.32. The Morgan fingerprint density at radius 2 is 1.40 bits per heavy atom. The van der Waals surface area contributed by atoms with Gasteiger partial charge in [-0.05, 0) is 53.5 Å². The normalized spacial score (nSPS) is 20.8. The maximum Gasteiger partial charge on any atom is 0.339 e. The van der Waals surface area contributed by atoms with Crippen molar-refractivity contribution < 1.29 is 26.9 Å². The highest BCUT2D eigenvalue weighted by Gasteiger charge is 2.48. The molecule has 40 heavy (non-hydrogen) atoms. The molecule has 7 nitrogen and oxygen atoms in total. The molecule has 0 N–H and O–H groups in total. The van der Waals surface area contributed by atoms with Gasteiger partial charge in [-0.2, -0.15) is 8.42 Å². The van der Waals surface area contributed by atoms with Gasteiger partial charge in [-0.3, -0.25) is 9.59 Å². The maximum absolute atomic E-state index is 13.7. The van der Waals surface area contributed by atoms with Gasteiger partial charge in [0.2, 0.25) is 5.75 Å². The number of carbonyl (C=O) groups is 2. The topological polar surface area (TPSA) is 90.0 Å². The van der Waals surface area contributed by atoms with Crippen LogP contribution in [0.3, 0.4) is 0 Å². The highest BCUT2D eigenvalue weighted by molar-refractivity contribution is 7.87. The molecule has 2 aromatic rings. The largest absolute Gasteiger partial charge is 0.493 e. The first-order valence-corrected chi connectivity index (χ1v) is 15.1. The number of halogens is 1. The highest BCUT2D eigenvalue weighted by Crippen LogP contribution is 2.55. The average Bonchev–Trinajstić information content (AvgIpc) is 2.85. The maximum atomic E-state index is 13.7. The Morgan fingerprint density at radius 1 is 0.875 bits per heavy atom. The molecule has 0 fully saturated rings. The number of nitrogens with zero attached hydrogens (tertiary/aromatic N) is 1. The summed E-state index contributed by atoms with van der Waals surface area (Å²) < 4.78 is 37.0.